The van der Waals surface area contributed by atoms with Gasteiger partial charge in [-0.05, 0) is 25.1 Å². The largest absolute Gasteiger partial charge is 0.508 e. The van der Waals surface area contributed by atoms with Crippen LogP contribution >= 0.6 is 0 Å². The Morgan fingerprint density at radius 1 is 0.841 bits per heavy atom. The molecule has 16 nitrogen and oxygen atoms in total. The minimum atomic E-state index is -1.91. The maximum atomic E-state index is 13.7. The molecule has 0 unspecified atom stereocenters. The third kappa shape index (κ3) is 5.63. The second-order valence-electron chi connectivity index (χ2n) is 10.4. The Labute approximate surface area is 248 Å². The van der Waals surface area contributed by atoms with Crippen LogP contribution in [0.2, 0.25) is 0 Å². The van der Waals surface area contributed by atoms with E-state index in [4.69, 9.17) is 28.1 Å². The summed E-state index contributed by atoms with van der Waals surface area (Å²) in [6, 6.07) is 5.92. The molecule has 5 rings (SSSR count). The minimum absolute atomic E-state index is 0.00105. The van der Waals surface area contributed by atoms with Gasteiger partial charge in [-0.1, -0.05) is 0 Å². The van der Waals surface area contributed by atoms with Gasteiger partial charge in [-0.25, -0.2) is 0 Å². The summed E-state index contributed by atoms with van der Waals surface area (Å²) < 4.78 is 33.4. The van der Waals surface area contributed by atoms with Gasteiger partial charge in [0.1, 0.15) is 65.2 Å². The summed E-state index contributed by atoms with van der Waals surface area (Å²) in [5.74, 6) is -2.13. The molecular weight excluding hydrogens is 592 g/mol. The van der Waals surface area contributed by atoms with Crippen LogP contribution in [0.4, 0.5) is 0 Å². The molecule has 2 aliphatic heterocycles. The van der Waals surface area contributed by atoms with Gasteiger partial charge in [0, 0.05) is 17.7 Å². The summed E-state index contributed by atoms with van der Waals surface area (Å²) in [7, 11) is 1.29. The van der Waals surface area contributed by atoms with E-state index in [0.29, 0.717) is 0 Å². The molecule has 3 aromatic rings. The van der Waals surface area contributed by atoms with Crippen molar-refractivity contribution < 1.29 is 74.1 Å². The fraction of sp³-hybridized carbons (Fsp3) is 0.464. The van der Waals surface area contributed by atoms with Gasteiger partial charge in [0.05, 0.1) is 19.8 Å². The molecule has 2 fully saturated rings. The van der Waals surface area contributed by atoms with Crippen molar-refractivity contribution in [3.63, 3.8) is 0 Å². The van der Waals surface area contributed by atoms with E-state index in [1.165, 1.54) is 32.2 Å². The molecule has 9 N–H and O–H groups in total. The third-order valence-corrected chi connectivity index (χ3v) is 7.51. The first-order valence-electron chi connectivity index (χ1n) is 13.4. The number of fused-ring (bicyclic) bond motifs is 1. The molecule has 0 saturated carbocycles. The van der Waals surface area contributed by atoms with E-state index in [1.54, 1.807) is 0 Å². The zero-order valence-electron chi connectivity index (χ0n) is 23.3. The third-order valence-electron chi connectivity index (χ3n) is 7.51. The lowest BCUT2D eigenvalue weighted by molar-refractivity contribution is -0.348. The van der Waals surface area contributed by atoms with Gasteiger partial charge in [-0.15, -0.1) is 0 Å². The molecule has 10 atom stereocenters. The highest BCUT2D eigenvalue weighted by Crippen LogP contribution is 2.40. The Balaban J connectivity index is 1.48. The lowest BCUT2D eigenvalue weighted by Gasteiger charge is -2.45. The predicted molar refractivity (Wildman–Crippen MR) is 145 cm³/mol. The average molecular weight is 625 g/mol. The number of aliphatic hydroxyl groups excluding tert-OH is 6. The zero-order valence-corrected chi connectivity index (χ0v) is 23.3. The minimum Gasteiger partial charge on any atom is -0.508 e. The van der Waals surface area contributed by atoms with Crippen LogP contribution in [0, 0.1) is 0 Å². The Kier molecular flexibility index (Phi) is 8.90. The molecule has 16 heteroatoms. The maximum Gasteiger partial charge on any atom is 0.239 e. The smallest absolute Gasteiger partial charge is 0.239 e. The van der Waals surface area contributed by atoms with Crippen LogP contribution in [-0.4, -0.2) is 121 Å². The van der Waals surface area contributed by atoms with Crippen LogP contribution in [0.5, 0.6) is 28.7 Å². The quantitative estimate of drug-likeness (QED) is 0.147. The summed E-state index contributed by atoms with van der Waals surface area (Å²) >= 11 is 0. The van der Waals surface area contributed by atoms with Gasteiger partial charge < -0.3 is 74.1 Å². The summed E-state index contributed by atoms with van der Waals surface area (Å²) in [6.45, 7) is 0.685. The molecule has 1 aromatic heterocycles. The highest BCUT2D eigenvalue weighted by atomic mass is 16.7. The van der Waals surface area contributed by atoms with Crippen LogP contribution in [0.1, 0.15) is 6.92 Å². The molecule has 2 aliphatic rings. The van der Waals surface area contributed by atoms with Crippen molar-refractivity contribution in [2.75, 3.05) is 13.7 Å². The van der Waals surface area contributed by atoms with E-state index in [0.717, 1.165) is 12.1 Å². The van der Waals surface area contributed by atoms with Gasteiger partial charge in [-0.3, -0.25) is 4.79 Å². The summed E-state index contributed by atoms with van der Waals surface area (Å²) in [4.78, 5) is 13.7. The fourth-order valence-corrected chi connectivity index (χ4v) is 5.13. The second kappa shape index (κ2) is 12.4. The van der Waals surface area contributed by atoms with Gasteiger partial charge >= 0.3 is 0 Å². The Morgan fingerprint density at radius 2 is 1.55 bits per heavy atom. The first-order chi connectivity index (χ1) is 20.9. The highest BCUT2D eigenvalue weighted by molar-refractivity contribution is 5.88. The molecule has 3 heterocycles. The molecule has 0 radical (unpaired) electrons. The number of hydrogen-bond donors (Lipinski definition) is 9. The SMILES string of the molecule is COc1cc(-c2oc3cc(O)cc(O)c3c(=O)c2O[C@@H]2O[C@@H](C)[C@H](O[C@@H]3O[C@H](CO)[C@@H](O)[C@H](O)[C@H]3O)[C@@H](O)[C@H]2O)ccc1O. The molecule has 2 saturated heterocycles. The normalized spacial score (nSPS) is 32.5. The van der Waals surface area contributed by atoms with Gasteiger partial charge in [0.2, 0.25) is 17.5 Å². The van der Waals surface area contributed by atoms with Crippen molar-refractivity contribution in [1.82, 2.24) is 0 Å². The standard InChI is InChI=1S/C28H32O16/c1-9-24(43-28-22(37)20(35)18(33)16(8-29)42-28)21(36)23(38)27(40-9)44-26-19(34)17-13(32)6-11(30)7-15(17)41-25(26)10-3-4-12(31)14(5-10)39-2/h3-7,9,16,18,20-24,27-33,35-38H,8H2,1-2H3/t9-,16+,18+,20-,21-,22+,23+,24-,27-,28-/m0/s1. The fourth-order valence-electron chi connectivity index (χ4n) is 5.13. The molecule has 44 heavy (non-hydrogen) atoms. The number of aromatic hydroxyl groups is 3. The number of methoxy groups -OCH3 is 1. The van der Waals surface area contributed by atoms with E-state index in [1.807, 2.05) is 0 Å². The number of rotatable bonds is 7. The maximum absolute atomic E-state index is 13.7. The number of ether oxygens (including phenoxy) is 5. The molecule has 0 amide bonds. The van der Waals surface area contributed by atoms with Gasteiger partial charge in [0.15, 0.2) is 23.5 Å². The first-order valence-corrected chi connectivity index (χ1v) is 13.4. The Bertz CT molecular complexity index is 1550. The van der Waals surface area contributed by atoms with Gasteiger partial charge in [0.25, 0.3) is 0 Å². The van der Waals surface area contributed by atoms with Crippen LogP contribution in [0.3, 0.4) is 0 Å². The topological polar surface area (TPSA) is 258 Å². The lowest BCUT2D eigenvalue weighted by atomic mass is 9.97. The van der Waals surface area contributed by atoms with Crippen LogP contribution in [0.25, 0.3) is 22.3 Å². The summed E-state index contributed by atoms with van der Waals surface area (Å²) in [5, 5.41) is 91.8. The van der Waals surface area contributed by atoms with E-state index in [2.05, 4.69) is 0 Å². The van der Waals surface area contributed by atoms with Gasteiger partial charge in [-0.2, -0.15) is 0 Å². The van der Waals surface area contributed by atoms with Crippen LogP contribution in [-0.2, 0) is 14.2 Å². The van der Waals surface area contributed by atoms with Crippen molar-refractivity contribution in [1.29, 1.82) is 0 Å². The summed E-state index contributed by atoms with van der Waals surface area (Å²) in [6.07, 6.45) is -16.1. The average Bonchev–Trinajstić information content (AvgIpc) is 2.98. The predicted octanol–water partition coefficient (Wildman–Crippen LogP) is -1.38. The van der Waals surface area contributed by atoms with E-state index in [9.17, 15) is 50.8 Å². The Hall–Kier alpha value is -3.71. The number of hydrogen-bond acceptors (Lipinski definition) is 16. The monoisotopic (exact) mass is 624 g/mol. The van der Waals surface area contributed by atoms with Crippen LogP contribution < -0.4 is 14.9 Å². The molecular formula is C28H32O16. The van der Waals surface area contributed by atoms with Crippen molar-refractivity contribution in [2.24, 2.45) is 0 Å². The van der Waals surface area contributed by atoms with E-state index < -0.39 is 90.7 Å². The molecule has 0 aliphatic carbocycles. The van der Waals surface area contributed by atoms with Crippen molar-refractivity contribution >= 4 is 11.0 Å². The lowest BCUT2D eigenvalue weighted by Crippen LogP contribution is -2.64. The van der Waals surface area contributed by atoms with E-state index >= 15 is 0 Å². The second-order valence-corrected chi connectivity index (χ2v) is 10.4. The summed E-state index contributed by atoms with van der Waals surface area (Å²) in [5.41, 5.74) is -1.03. The number of aliphatic hydroxyl groups is 6. The van der Waals surface area contributed by atoms with Crippen molar-refractivity contribution in [3.8, 4) is 40.1 Å². The van der Waals surface area contributed by atoms with Crippen LogP contribution in [0.15, 0.2) is 39.5 Å². The van der Waals surface area contributed by atoms with Crippen molar-refractivity contribution in [2.45, 2.75) is 68.3 Å². The Morgan fingerprint density at radius 3 is 2.23 bits per heavy atom. The van der Waals surface area contributed by atoms with Crippen molar-refractivity contribution in [3.05, 3.63) is 40.6 Å². The number of phenolic OH excluding ortho intramolecular Hbond substituents is 3. The zero-order chi connectivity index (χ0) is 32.0. The molecule has 0 bridgehead atoms. The molecule has 240 valence electrons. The molecule has 0 spiro atoms. The number of benzene rings is 2. The molecule has 2 aromatic carbocycles. The highest BCUT2D eigenvalue weighted by Gasteiger charge is 2.50. The van der Waals surface area contributed by atoms with E-state index in [-0.39, 0.29) is 33.8 Å². The number of phenols is 3. The first kappa shape index (κ1) is 31.7.